The summed E-state index contributed by atoms with van der Waals surface area (Å²) in [6.45, 7) is 2.72. The fraction of sp³-hybridized carbons (Fsp3) is 0.261. The number of fused-ring (bicyclic) bond motifs is 1. The molecule has 2 aromatic carbocycles. The molecule has 2 aromatic heterocycles. The van der Waals surface area contributed by atoms with Crippen molar-refractivity contribution in [1.29, 1.82) is 0 Å². The quantitative estimate of drug-likeness (QED) is 0.300. The van der Waals surface area contributed by atoms with Gasteiger partial charge in [0.05, 0.1) is 31.9 Å². The van der Waals surface area contributed by atoms with E-state index in [0.717, 1.165) is 38.2 Å². The highest BCUT2D eigenvalue weighted by Gasteiger charge is 2.23. The number of nitrogens with zero attached hydrogens (tertiary/aromatic N) is 4. The lowest BCUT2D eigenvalue weighted by atomic mass is 9.99. The number of imidazole rings is 1. The van der Waals surface area contributed by atoms with Crippen LogP contribution in [-0.2, 0) is 6.54 Å². The normalized spacial score (nSPS) is 16.3. The van der Waals surface area contributed by atoms with Gasteiger partial charge in [0.15, 0.2) is 5.65 Å². The highest BCUT2D eigenvalue weighted by atomic mass is 35.5. The number of nitrogens with one attached hydrogen (secondary N) is 2. The van der Waals surface area contributed by atoms with Crippen molar-refractivity contribution >= 4 is 69.2 Å². The molecule has 4 aromatic rings. The van der Waals surface area contributed by atoms with E-state index in [-0.39, 0.29) is 0 Å². The summed E-state index contributed by atoms with van der Waals surface area (Å²) < 4.78 is 2.10. The number of piperidine rings is 1. The van der Waals surface area contributed by atoms with Crippen molar-refractivity contribution in [2.75, 3.05) is 18.4 Å². The summed E-state index contributed by atoms with van der Waals surface area (Å²) in [5, 5.41) is 8.70. The van der Waals surface area contributed by atoms with Crippen LogP contribution in [0.2, 0.25) is 20.1 Å². The van der Waals surface area contributed by atoms with Crippen LogP contribution in [0.15, 0.2) is 42.6 Å². The second kappa shape index (κ2) is 9.65. The van der Waals surface area contributed by atoms with E-state index in [1.165, 1.54) is 0 Å². The van der Waals surface area contributed by atoms with Crippen molar-refractivity contribution < 1.29 is 0 Å². The van der Waals surface area contributed by atoms with Gasteiger partial charge >= 0.3 is 0 Å². The number of hydrogen-bond donors (Lipinski definition) is 2. The second-order valence-corrected chi connectivity index (χ2v) is 9.64. The van der Waals surface area contributed by atoms with E-state index in [9.17, 15) is 0 Å². The molecule has 33 heavy (non-hydrogen) atoms. The van der Waals surface area contributed by atoms with Gasteiger partial charge in [0, 0.05) is 12.2 Å². The molecule has 0 radical (unpaired) electrons. The second-order valence-electron chi connectivity index (χ2n) is 8.01. The van der Waals surface area contributed by atoms with Crippen LogP contribution in [0.4, 0.5) is 11.6 Å². The van der Waals surface area contributed by atoms with E-state index >= 15 is 0 Å². The third-order valence-corrected chi connectivity index (χ3v) is 7.06. The molecule has 1 aliphatic heterocycles. The van der Waals surface area contributed by atoms with Crippen molar-refractivity contribution in [2.45, 2.75) is 19.4 Å². The van der Waals surface area contributed by atoms with E-state index in [1.807, 2.05) is 24.3 Å². The predicted molar refractivity (Wildman–Crippen MR) is 136 cm³/mol. The van der Waals surface area contributed by atoms with Crippen LogP contribution in [0.1, 0.15) is 12.8 Å². The third-order valence-electron chi connectivity index (χ3n) is 5.69. The topological polar surface area (TPSA) is 67.7 Å². The van der Waals surface area contributed by atoms with E-state index in [0.29, 0.717) is 54.5 Å². The summed E-state index contributed by atoms with van der Waals surface area (Å²) in [7, 11) is 0. The van der Waals surface area contributed by atoms with Crippen LogP contribution >= 0.6 is 46.4 Å². The van der Waals surface area contributed by atoms with Gasteiger partial charge in [-0.05, 0) is 62.2 Å². The standard InChI is InChI=1S/C23H20Cl4N6/c24-15-7-6-14(9-18(15)27)30-23-29-11-19-21(32-23)33(12-13-3-2-8-28-10-13)22(31-19)20-16(25)4-1-5-17(20)26/h1,4-7,9,11,13,28H,2-3,8,10,12H2,(H,29,30,32). The molecule has 1 saturated heterocycles. The minimum Gasteiger partial charge on any atom is -0.324 e. The Morgan fingerprint density at radius 1 is 1.00 bits per heavy atom. The zero-order chi connectivity index (χ0) is 22.9. The molecule has 170 valence electrons. The Bertz CT molecular complexity index is 1300. The number of benzene rings is 2. The van der Waals surface area contributed by atoms with Gasteiger partial charge in [-0.15, -0.1) is 0 Å². The molecule has 5 rings (SSSR count). The largest absolute Gasteiger partial charge is 0.324 e. The zero-order valence-corrected chi connectivity index (χ0v) is 20.5. The average Bonchev–Trinajstić information content (AvgIpc) is 3.14. The van der Waals surface area contributed by atoms with Gasteiger partial charge in [0.25, 0.3) is 0 Å². The maximum absolute atomic E-state index is 6.55. The summed E-state index contributed by atoms with van der Waals surface area (Å²) in [6, 6.07) is 10.7. The molecule has 6 nitrogen and oxygen atoms in total. The zero-order valence-electron chi connectivity index (χ0n) is 17.5. The van der Waals surface area contributed by atoms with Crippen LogP contribution < -0.4 is 10.6 Å². The lowest BCUT2D eigenvalue weighted by Gasteiger charge is -2.24. The molecule has 1 fully saturated rings. The van der Waals surface area contributed by atoms with Crippen molar-refractivity contribution in [2.24, 2.45) is 5.92 Å². The van der Waals surface area contributed by atoms with E-state index < -0.39 is 0 Å². The summed E-state index contributed by atoms with van der Waals surface area (Å²) in [6.07, 6.45) is 3.96. The summed E-state index contributed by atoms with van der Waals surface area (Å²) in [5.74, 6) is 1.56. The Hall–Kier alpha value is -2.09. The van der Waals surface area contributed by atoms with Crippen molar-refractivity contribution in [3.8, 4) is 11.4 Å². The lowest BCUT2D eigenvalue weighted by molar-refractivity contribution is 0.341. The van der Waals surface area contributed by atoms with Crippen LogP contribution in [0.5, 0.6) is 0 Å². The molecule has 0 aliphatic carbocycles. The first-order valence-electron chi connectivity index (χ1n) is 10.6. The Morgan fingerprint density at radius 3 is 2.55 bits per heavy atom. The highest BCUT2D eigenvalue weighted by molar-refractivity contribution is 6.42. The maximum atomic E-state index is 6.55. The molecule has 1 unspecified atom stereocenters. The molecular formula is C23H20Cl4N6. The van der Waals surface area contributed by atoms with Gasteiger partial charge in [-0.25, -0.2) is 9.97 Å². The first kappa shape index (κ1) is 22.7. The fourth-order valence-electron chi connectivity index (χ4n) is 4.10. The molecule has 0 amide bonds. The predicted octanol–water partition coefficient (Wildman–Crippen LogP) is 6.85. The van der Waals surface area contributed by atoms with Crippen LogP contribution in [0, 0.1) is 5.92 Å². The van der Waals surface area contributed by atoms with Gasteiger partial charge in [0.1, 0.15) is 11.3 Å². The Kier molecular flexibility index (Phi) is 6.63. The number of halogens is 4. The molecule has 10 heteroatoms. The van der Waals surface area contributed by atoms with Gasteiger partial charge in [-0.2, -0.15) is 4.98 Å². The molecule has 0 saturated carbocycles. The van der Waals surface area contributed by atoms with Gasteiger partial charge in [-0.1, -0.05) is 52.5 Å². The maximum Gasteiger partial charge on any atom is 0.229 e. The monoisotopic (exact) mass is 520 g/mol. The van der Waals surface area contributed by atoms with Crippen LogP contribution in [0.25, 0.3) is 22.6 Å². The molecule has 2 N–H and O–H groups in total. The van der Waals surface area contributed by atoms with Crippen molar-refractivity contribution in [1.82, 2.24) is 24.8 Å². The van der Waals surface area contributed by atoms with E-state index in [1.54, 1.807) is 18.3 Å². The van der Waals surface area contributed by atoms with Gasteiger partial charge < -0.3 is 15.2 Å². The number of rotatable bonds is 5. The molecule has 3 heterocycles. The molecule has 1 atom stereocenters. The molecule has 0 spiro atoms. The smallest absolute Gasteiger partial charge is 0.229 e. The summed E-state index contributed by atoms with van der Waals surface area (Å²) >= 11 is 25.3. The van der Waals surface area contributed by atoms with Gasteiger partial charge in [-0.3, -0.25) is 0 Å². The Labute approximate surface area is 211 Å². The Morgan fingerprint density at radius 2 is 1.82 bits per heavy atom. The van der Waals surface area contributed by atoms with Crippen molar-refractivity contribution in [3.05, 3.63) is 62.7 Å². The average molecular weight is 522 g/mol. The van der Waals surface area contributed by atoms with E-state index in [2.05, 4.69) is 20.2 Å². The summed E-state index contributed by atoms with van der Waals surface area (Å²) in [5.41, 5.74) is 2.82. The number of aromatic nitrogens is 4. The Balaban J connectivity index is 1.60. The summed E-state index contributed by atoms with van der Waals surface area (Å²) in [4.78, 5) is 14.1. The minimum atomic E-state index is 0.431. The van der Waals surface area contributed by atoms with Crippen LogP contribution in [-0.4, -0.2) is 32.6 Å². The lowest BCUT2D eigenvalue weighted by Crippen LogP contribution is -2.32. The highest BCUT2D eigenvalue weighted by Crippen LogP contribution is 2.36. The van der Waals surface area contributed by atoms with Crippen LogP contribution in [0.3, 0.4) is 0 Å². The number of hydrogen-bond acceptors (Lipinski definition) is 5. The molecular weight excluding hydrogens is 502 g/mol. The van der Waals surface area contributed by atoms with Gasteiger partial charge in [0.2, 0.25) is 5.95 Å². The first-order valence-corrected chi connectivity index (χ1v) is 12.1. The molecule has 0 bridgehead atoms. The third kappa shape index (κ3) is 4.77. The number of anilines is 2. The van der Waals surface area contributed by atoms with Crippen molar-refractivity contribution in [3.63, 3.8) is 0 Å². The minimum absolute atomic E-state index is 0.431. The SMILES string of the molecule is Clc1ccc(Nc2ncc3nc(-c4c(Cl)cccc4Cl)n(CC4CCCNC4)c3n2)cc1Cl. The first-order chi connectivity index (χ1) is 16.0. The molecule has 1 aliphatic rings. The fourth-order valence-corrected chi connectivity index (χ4v) is 4.96. The van der Waals surface area contributed by atoms with E-state index in [4.69, 9.17) is 56.4 Å².